The summed E-state index contributed by atoms with van der Waals surface area (Å²) in [5.74, 6) is 0.611. The van der Waals surface area contributed by atoms with Crippen LogP contribution in [-0.2, 0) is 17.6 Å². The Morgan fingerprint density at radius 2 is 2.34 bits per heavy atom. The first kappa shape index (κ1) is 19.6. The number of tetrazole rings is 1. The molecule has 0 aliphatic heterocycles. The summed E-state index contributed by atoms with van der Waals surface area (Å²) in [6, 6.07) is 10.1. The van der Waals surface area contributed by atoms with Gasteiger partial charge < -0.3 is 5.32 Å². The van der Waals surface area contributed by atoms with Crippen LogP contribution in [0.5, 0.6) is 0 Å². The van der Waals surface area contributed by atoms with Crippen molar-refractivity contribution in [2.45, 2.75) is 38.3 Å². The highest BCUT2D eigenvalue weighted by atomic mass is 32.2. The number of aromatic nitrogens is 4. The molecule has 4 rings (SSSR count). The molecule has 0 unspecified atom stereocenters. The van der Waals surface area contributed by atoms with Gasteiger partial charge in [0.15, 0.2) is 0 Å². The second-order valence-corrected chi connectivity index (χ2v) is 9.26. The third kappa shape index (κ3) is 4.18. The molecule has 0 radical (unpaired) electrons. The van der Waals surface area contributed by atoms with E-state index in [1.165, 1.54) is 28.0 Å². The van der Waals surface area contributed by atoms with Crippen LogP contribution < -0.4 is 5.32 Å². The number of nitrogens with zero attached hydrogens (tertiary/aromatic N) is 5. The first-order valence-electron chi connectivity index (χ1n) is 9.38. The fourth-order valence-corrected chi connectivity index (χ4v) is 5.51. The van der Waals surface area contributed by atoms with Crippen LogP contribution in [0.15, 0.2) is 29.4 Å². The summed E-state index contributed by atoms with van der Waals surface area (Å²) in [4.78, 5) is 13.8. The summed E-state index contributed by atoms with van der Waals surface area (Å²) < 4.78 is 1.62. The number of nitriles is 1. The van der Waals surface area contributed by atoms with Crippen LogP contribution in [0.25, 0.3) is 5.69 Å². The molecule has 0 fully saturated rings. The van der Waals surface area contributed by atoms with Crippen molar-refractivity contribution >= 4 is 34.0 Å². The molecule has 29 heavy (non-hydrogen) atoms. The number of benzene rings is 1. The molecule has 1 N–H and O–H groups in total. The first-order valence-corrected chi connectivity index (χ1v) is 11.2. The molecule has 0 saturated carbocycles. The fourth-order valence-electron chi connectivity index (χ4n) is 3.44. The number of thiophene rings is 1. The van der Waals surface area contributed by atoms with Gasteiger partial charge in [-0.3, -0.25) is 4.79 Å². The Morgan fingerprint density at radius 3 is 3.14 bits per heavy atom. The highest BCUT2D eigenvalue weighted by molar-refractivity contribution is 7.99. The average Bonchev–Trinajstić information content (AvgIpc) is 3.29. The number of aryl methyl sites for hydroxylation is 1. The Kier molecular flexibility index (Phi) is 5.65. The Hall–Kier alpha value is -2.70. The minimum atomic E-state index is -0.170. The molecule has 3 aromatic rings. The molecule has 9 heteroatoms. The van der Waals surface area contributed by atoms with Crippen LogP contribution >= 0.6 is 23.1 Å². The van der Waals surface area contributed by atoms with Crippen molar-refractivity contribution in [1.29, 1.82) is 5.26 Å². The van der Waals surface area contributed by atoms with Gasteiger partial charge in [0.2, 0.25) is 11.1 Å². The lowest BCUT2D eigenvalue weighted by Gasteiger charge is -2.17. The zero-order valence-corrected chi connectivity index (χ0v) is 17.8. The minimum Gasteiger partial charge on any atom is -0.316 e. The van der Waals surface area contributed by atoms with Crippen molar-refractivity contribution in [1.82, 2.24) is 20.2 Å². The van der Waals surface area contributed by atoms with Crippen LogP contribution in [0, 0.1) is 24.2 Å². The van der Waals surface area contributed by atoms with E-state index < -0.39 is 0 Å². The SMILES string of the molecule is Cc1cccc(-n2nnnc2SCC(=O)Nc2sc3c(c2C#N)CC[C@H](C)C3)c1. The first-order chi connectivity index (χ1) is 14.0. The molecule has 7 nitrogen and oxygen atoms in total. The third-order valence-corrected chi connectivity index (χ3v) is 6.99. The smallest absolute Gasteiger partial charge is 0.235 e. The van der Waals surface area contributed by atoms with Gasteiger partial charge in [0, 0.05) is 4.88 Å². The van der Waals surface area contributed by atoms with Crippen molar-refractivity contribution in [2.75, 3.05) is 11.1 Å². The molecule has 1 amide bonds. The van der Waals surface area contributed by atoms with E-state index in [-0.39, 0.29) is 11.7 Å². The predicted octanol–water partition coefficient (Wildman–Crippen LogP) is 3.76. The lowest BCUT2D eigenvalue weighted by atomic mass is 9.89. The second-order valence-electron chi connectivity index (χ2n) is 7.22. The molecule has 2 aromatic heterocycles. The Labute approximate surface area is 177 Å². The minimum absolute atomic E-state index is 0.163. The number of hydrogen-bond donors (Lipinski definition) is 1. The average molecular weight is 425 g/mol. The van der Waals surface area contributed by atoms with E-state index in [9.17, 15) is 10.1 Å². The van der Waals surface area contributed by atoms with Gasteiger partial charge in [-0.2, -0.15) is 9.94 Å². The van der Waals surface area contributed by atoms with Crippen molar-refractivity contribution < 1.29 is 4.79 Å². The Morgan fingerprint density at radius 1 is 1.48 bits per heavy atom. The van der Waals surface area contributed by atoms with Gasteiger partial charge in [-0.05, 0) is 65.8 Å². The zero-order valence-electron chi connectivity index (χ0n) is 16.2. The van der Waals surface area contributed by atoms with Gasteiger partial charge in [0.1, 0.15) is 11.1 Å². The number of amides is 1. The van der Waals surface area contributed by atoms with E-state index in [1.807, 2.05) is 31.2 Å². The molecular weight excluding hydrogens is 404 g/mol. The van der Waals surface area contributed by atoms with E-state index in [0.29, 0.717) is 21.6 Å². The molecule has 1 aliphatic carbocycles. The quantitative estimate of drug-likeness (QED) is 0.627. The molecule has 0 saturated heterocycles. The van der Waals surface area contributed by atoms with Crippen molar-refractivity contribution in [3.63, 3.8) is 0 Å². The second kappa shape index (κ2) is 8.35. The summed E-state index contributed by atoms with van der Waals surface area (Å²) in [5.41, 5.74) is 3.69. The van der Waals surface area contributed by atoms with Gasteiger partial charge in [0.25, 0.3) is 0 Å². The molecule has 1 aromatic carbocycles. The third-order valence-electron chi connectivity index (χ3n) is 4.90. The van der Waals surface area contributed by atoms with Crippen molar-refractivity contribution in [2.24, 2.45) is 5.92 Å². The van der Waals surface area contributed by atoms with E-state index in [1.54, 1.807) is 4.68 Å². The highest BCUT2D eigenvalue weighted by Gasteiger charge is 2.24. The maximum Gasteiger partial charge on any atom is 0.235 e. The summed E-state index contributed by atoms with van der Waals surface area (Å²) in [6.07, 6.45) is 2.97. The highest BCUT2D eigenvalue weighted by Crippen LogP contribution is 2.39. The standard InChI is InChI=1S/C20H20N6OS2/c1-12-4-3-5-14(8-12)26-20(23-24-25-26)28-11-18(27)22-19-16(10-21)15-7-6-13(2)9-17(15)29-19/h3-5,8,13H,6-7,9,11H2,1-2H3,(H,22,27)/t13-/m0/s1. The van der Waals surface area contributed by atoms with E-state index in [4.69, 9.17) is 0 Å². The van der Waals surface area contributed by atoms with Gasteiger partial charge in [0.05, 0.1) is 17.0 Å². The number of nitrogens with one attached hydrogen (secondary N) is 1. The molecule has 0 spiro atoms. The van der Waals surface area contributed by atoms with Crippen LogP contribution in [0.1, 0.15) is 34.9 Å². The normalized spacial score (nSPS) is 15.6. The van der Waals surface area contributed by atoms with Gasteiger partial charge in [-0.15, -0.1) is 16.4 Å². The van der Waals surface area contributed by atoms with Gasteiger partial charge >= 0.3 is 0 Å². The lowest BCUT2D eigenvalue weighted by molar-refractivity contribution is -0.113. The van der Waals surface area contributed by atoms with E-state index >= 15 is 0 Å². The zero-order chi connectivity index (χ0) is 20.4. The van der Waals surface area contributed by atoms with Crippen LogP contribution in [0.4, 0.5) is 5.00 Å². The largest absolute Gasteiger partial charge is 0.316 e. The van der Waals surface area contributed by atoms with Crippen LogP contribution in [0.3, 0.4) is 0 Å². The van der Waals surface area contributed by atoms with Crippen LogP contribution in [-0.4, -0.2) is 31.9 Å². The maximum atomic E-state index is 12.5. The van der Waals surface area contributed by atoms with Gasteiger partial charge in [-0.25, -0.2) is 0 Å². The topological polar surface area (TPSA) is 96.5 Å². The number of fused-ring (bicyclic) bond motifs is 1. The molecule has 2 heterocycles. The number of thioether (sulfide) groups is 1. The van der Waals surface area contributed by atoms with E-state index in [0.717, 1.165) is 36.1 Å². The summed E-state index contributed by atoms with van der Waals surface area (Å²) in [5, 5.41) is 25.5. The van der Waals surface area contributed by atoms with E-state index in [2.05, 4.69) is 33.8 Å². The Bertz CT molecular complexity index is 1100. The number of hydrogen-bond acceptors (Lipinski definition) is 7. The van der Waals surface area contributed by atoms with Crippen LogP contribution in [0.2, 0.25) is 0 Å². The molecule has 1 aliphatic rings. The Balaban J connectivity index is 1.45. The number of anilines is 1. The number of rotatable bonds is 5. The predicted molar refractivity (Wildman–Crippen MR) is 113 cm³/mol. The number of carbonyl (C=O) groups excluding carboxylic acids is 1. The van der Waals surface area contributed by atoms with Gasteiger partial charge in [-0.1, -0.05) is 30.8 Å². The lowest BCUT2D eigenvalue weighted by Crippen LogP contribution is -2.14. The molecule has 148 valence electrons. The summed E-state index contributed by atoms with van der Waals surface area (Å²) in [7, 11) is 0. The summed E-state index contributed by atoms with van der Waals surface area (Å²) in [6.45, 7) is 4.23. The van der Waals surface area contributed by atoms with Crippen molar-refractivity contribution in [3.05, 3.63) is 45.8 Å². The van der Waals surface area contributed by atoms with Crippen molar-refractivity contribution in [3.8, 4) is 11.8 Å². The maximum absolute atomic E-state index is 12.5. The number of carbonyl (C=O) groups is 1. The molecular formula is C20H20N6OS2. The monoisotopic (exact) mass is 424 g/mol. The summed E-state index contributed by atoms with van der Waals surface area (Å²) >= 11 is 2.80. The fraction of sp³-hybridized carbons (Fsp3) is 0.350. The molecule has 0 bridgehead atoms. The molecule has 1 atom stereocenters.